The Morgan fingerprint density at radius 1 is 1.46 bits per heavy atom. The van der Waals surface area contributed by atoms with Crippen LogP contribution in [-0.2, 0) is 14.4 Å². The van der Waals surface area contributed by atoms with Gasteiger partial charge in [-0.1, -0.05) is 0 Å². The SMILES string of the molecule is C=C=O.CNCN1C(=O)C=CC1=O. The van der Waals surface area contributed by atoms with Crippen molar-refractivity contribution in [2.45, 2.75) is 0 Å². The van der Waals surface area contributed by atoms with E-state index in [0.717, 1.165) is 4.90 Å². The number of hydrogen-bond acceptors (Lipinski definition) is 4. The number of nitrogens with zero attached hydrogens (tertiary/aromatic N) is 1. The Balaban J connectivity index is 0.000000424. The van der Waals surface area contributed by atoms with Crippen molar-refractivity contribution in [3.63, 3.8) is 0 Å². The molecule has 0 aliphatic carbocycles. The molecule has 13 heavy (non-hydrogen) atoms. The molecule has 0 saturated carbocycles. The predicted molar refractivity (Wildman–Crippen MR) is 46.2 cm³/mol. The zero-order valence-corrected chi connectivity index (χ0v) is 7.24. The fourth-order valence-electron chi connectivity index (χ4n) is 0.745. The fourth-order valence-corrected chi connectivity index (χ4v) is 0.745. The topological polar surface area (TPSA) is 66.5 Å². The normalized spacial score (nSPS) is 13.8. The van der Waals surface area contributed by atoms with Crippen molar-refractivity contribution in [3.8, 4) is 0 Å². The maximum Gasteiger partial charge on any atom is 0.254 e. The highest BCUT2D eigenvalue weighted by atomic mass is 16.2. The maximum atomic E-state index is 10.8. The molecule has 1 aliphatic heterocycles. The van der Waals surface area contributed by atoms with Crippen molar-refractivity contribution in [2.75, 3.05) is 13.7 Å². The van der Waals surface area contributed by atoms with E-state index in [4.69, 9.17) is 4.79 Å². The molecule has 0 radical (unpaired) electrons. The molecular formula is C8H10N2O3. The van der Waals surface area contributed by atoms with Crippen LogP contribution in [0.4, 0.5) is 0 Å². The Morgan fingerprint density at radius 3 is 2.15 bits per heavy atom. The predicted octanol–water partition coefficient (Wildman–Crippen LogP) is -0.908. The summed E-state index contributed by atoms with van der Waals surface area (Å²) in [5, 5.41) is 2.71. The van der Waals surface area contributed by atoms with E-state index in [1.807, 2.05) is 0 Å². The Kier molecular flexibility index (Phi) is 5.11. The summed E-state index contributed by atoms with van der Waals surface area (Å²) in [5.41, 5.74) is 0. The van der Waals surface area contributed by atoms with Gasteiger partial charge in [-0.2, -0.15) is 0 Å². The molecule has 1 N–H and O–H groups in total. The lowest BCUT2D eigenvalue weighted by Gasteiger charge is -2.11. The molecule has 5 nitrogen and oxygen atoms in total. The van der Waals surface area contributed by atoms with E-state index >= 15 is 0 Å². The van der Waals surface area contributed by atoms with Crippen molar-refractivity contribution >= 4 is 17.8 Å². The Labute approximate surface area is 75.7 Å². The number of imide groups is 1. The largest absolute Gasteiger partial charge is 0.302 e. The van der Waals surface area contributed by atoms with Gasteiger partial charge in [-0.05, 0) is 13.6 Å². The Bertz CT molecular complexity index is 247. The molecule has 0 spiro atoms. The van der Waals surface area contributed by atoms with Gasteiger partial charge in [0.05, 0.1) is 6.67 Å². The van der Waals surface area contributed by atoms with Crippen molar-refractivity contribution in [1.82, 2.24) is 10.2 Å². The van der Waals surface area contributed by atoms with E-state index in [1.165, 1.54) is 18.1 Å². The number of hydrogen-bond donors (Lipinski definition) is 1. The molecule has 0 aromatic carbocycles. The molecule has 2 amide bonds. The average Bonchev–Trinajstić information content (AvgIpc) is 2.38. The van der Waals surface area contributed by atoms with Gasteiger partial charge in [-0.25, -0.2) is 4.79 Å². The second-order valence-corrected chi connectivity index (χ2v) is 2.09. The molecule has 1 aliphatic rings. The second-order valence-electron chi connectivity index (χ2n) is 2.09. The number of nitrogens with one attached hydrogen (secondary N) is 1. The van der Waals surface area contributed by atoms with Gasteiger partial charge in [0, 0.05) is 12.2 Å². The molecule has 0 aromatic heterocycles. The molecule has 0 fully saturated rings. The van der Waals surface area contributed by atoms with Crippen molar-refractivity contribution in [3.05, 3.63) is 18.7 Å². The molecule has 0 aromatic rings. The summed E-state index contributed by atoms with van der Waals surface area (Å²) in [4.78, 5) is 31.2. The van der Waals surface area contributed by atoms with Gasteiger partial charge >= 0.3 is 0 Å². The van der Waals surface area contributed by atoms with Gasteiger partial charge in [0.2, 0.25) is 0 Å². The van der Waals surface area contributed by atoms with Crippen LogP contribution in [0.25, 0.3) is 0 Å². The lowest BCUT2D eigenvalue weighted by Crippen LogP contribution is -2.36. The molecule has 1 heterocycles. The highest BCUT2D eigenvalue weighted by Gasteiger charge is 2.21. The molecule has 5 heteroatoms. The first-order chi connectivity index (χ1) is 6.17. The van der Waals surface area contributed by atoms with Gasteiger partial charge in [0.25, 0.3) is 11.8 Å². The third-order valence-electron chi connectivity index (χ3n) is 1.22. The third kappa shape index (κ3) is 3.46. The van der Waals surface area contributed by atoms with Gasteiger partial charge in [0.15, 0.2) is 0 Å². The fraction of sp³-hybridized carbons (Fsp3) is 0.250. The van der Waals surface area contributed by atoms with Crippen molar-refractivity contribution < 1.29 is 14.4 Å². The Hall–Kier alpha value is -1.71. The zero-order valence-electron chi connectivity index (χ0n) is 7.24. The Morgan fingerprint density at radius 2 is 1.85 bits per heavy atom. The minimum Gasteiger partial charge on any atom is -0.302 e. The quantitative estimate of drug-likeness (QED) is 0.443. The first kappa shape index (κ1) is 11.3. The molecule has 70 valence electrons. The van der Waals surface area contributed by atoms with E-state index < -0.39 is 0 Å². The molecule has 0 saturated heterocycles. The van der Waals surface area contributed by atoms with Crippen LogP contribution in [-0.4, -0.2) is 36.4 Å². The molecule has 0 bridgehead atoms. The smallest absolute Gasteiger partial charge is 0.254 e. The first-order valence-corrected chi connectivity index (χ1v) is 3.49. The van der Waals surface area contributed by atoms with E-state index in [2.05, 4.69) is 11.9 Å². The highest BCUT2D eigenvalue weighted by Crippen LogP contribution is 2.00. The van der Waals surface area contributed by atoms with Crippen LogP contribution >= 0.6 is 0 Å². The van der Waals surface area contributed by atoms with Gasteiger partial charge in [-0.15, -0.1) is 0 Å². The lowest BCUT2D eigenvalue weighted by atomic mass is 10.6. The summed E-state index contributed by atoms with van der Waals surface area (Å²) in [6.45, 7) is 2.96. The van der Waals surface area contributed by atoms with Crippen LogP contribution in [0.5, 0.6) is 0 Å². The third-order valence-corrected chi connectivity index (χ3v) is 1.22. The number of carbonyl (C=O) groups is 2. The number of carbonyl (C=O) groups excluding carboxylic acids is 3. The summed E-state index contributed by atoms with van der Waals surface area (Å²) < 4.78 is 0. The average molecular weight is 182 g/mol. The van der Waals surface area contributed by atoms with Gasteiger partial charge < -0.3 is 5.32 Å². The minimum atomic E-state index is -0.251. The monoisotopic (exact) mass is 182 g/mol. The summed E-state index contributed by atoms with van der Waals surface area (Å²) in [6.07, 6.45) is 2.53. The van der Waals surface area contributed by atoms with Crippen LogP contribution < -0.4 is 5.32 Å². The van der Waals surface area contributed by atoms with Crippen LogP contribution in [0.2, 0.25) is 0 Å². The lowest BCUT2D eigenvalue weighted by molar-refractivity contribution is -0.137. The van der Waals surface area contributed by atoms with E-state index in [1.54, 1.807) is 7.05 Å². The summed E-state index contributed by atoms with van der Waals surface area (Å²) in [7, 11) is 1.68. The number of rotatable bonds is 2. The van der Waals surface area contributed by atoms with Crippen LogP contribution in [0, 0.1) is 0 Å². The highest BCUT2D eigenvalue weighted by molar-refractivity contribution is 6.12. The minimum absolute atomic E-state index is 0.251. The van der Waals surface area contributed by atoms with Crippen LogP contribution in [0.15, 0.2) is 18.7 Å². The van der Waals surface area contributed by atoms with E-state index in [9.17, 15) is 9.59 Å². The summed E-state index contributed by atoms with van der Waals surface area (Å²) in [6, 6.07) is 0. The van der Waals surface area contributed by atoms with Gasteiger partial charge in [0.1, 0.15) is 5.94 Å². The second kappa shape index (κ2) is 5.88. The van der Waals surface area contributed by atoms with Crippen molar-refractivity contribution in [1.29, 1.82) is 0 Å². The van der Waals surface area contributed by atoms with Crippen molar-refractivity contribution in [2.24, 2.45) is 0 Å². The molecule has 0 atom stereocenters. The maximum absolute atomic E-state index is 10.8. The molecule has 1 rings (SSSR count). The summed E-state index contributed by atoms with van der Waals surface area (Å²) in [5.74, 6) is 0.749. The molecule has 0 unspecified atom stereocenters. The number of amides is 2. The van der Waals surface area contributed by atoms with Gasteiger partial charge in [-0.3, -0.25) is 14.5 Å². The van der Waals surface area contributed by atoms with E-state index in [0.29, 0.717) is 0 Å². The first-order valence-electron chi connectivity index (χ1n) is 3.49. The van der Waals surface area contributed by atoms with E-state index in [-0.39, 0.29) is 18.5 Å². The van der Waals surface area contributed by atoms with Crippen LogP contribution in [0.3, 0.4) is 0 Å². The molecular weight excluding hydrogens is 172 g/mol. The standard InChI is InChI=1S/C6H8N2O2.C2H2O/c1-7-4-8-5(9)2-3-6(8)10;1-2-3/h2-3,7H,4H2,1H3;1H2. The summed E-state index contributed by atoms with van der Waals surface area (Å²) >= 11 is 0. The van der Waals surface area contributed by atoms with Crippen LogP contribution in [0.1, 0.15) is 0 Å². The zero-order chi connectivity index (χ0) is 10.3.